The van der Waals surface area contributed by atoms with Gasteiger partial charge in [-0.3, -0.25) is 19.9 Å². The van der Waals surface area contributed by atoms with Crippen LogP contribution < -0.4 is 24.4 Å². The van der Waals surface area contributed by atoms with Crippen molar-refractivity contribution in [1.82, 2.24) is 19.8 Å². The normalized spacial score (nSPS) is 14.8. The van der Waals surface area contributed by atoms with Gasteiger partial charge in [0, 0.05) is 64.3 Å². The van der Waals surface area contributed by atoms with Crippen LogP contribution in [0.25, 0.3) is 0 Å². The second-order valence-electron chi connectivity index (χ2n) is 12.1. The van der Waals surface area contributed by atoms with Gasteiger partial charge >= 0.3 is 6.03 Å². The van der Waals surface area contributed by atoms with E-state index in [1.807, 2.05) is 48.9 Å². The number of aromatic nitrogens is 2. The summed E-state index contributed by atoms with van der Waals surface area (Å²) < 4.78 is 28.0. The fourth-order valence-electron chi connectivity index (χ4n) is 5.75. The summed E-state index contributed by atoms with van der Waals surface area (Å²) >= 11 is 0. The number of amides is 3. The summed E-state index contributed by atoms with van der Waals surface area (Å²) in [4.78, 5) is 41.5. The van der Waals surface area contributed by atoms with Crippen LogP contribution in [0.4, 0.5) is 16.4 Å². The molecule has 3 aromatic rings. The molecule has 0 atom stereocenters. The third-order valence-corrected chi connectivity index (χ3v) is 8.20. The fourth-order valence-corrected chi connectivity index (χ4v) is 5.75. The molecule has 0 bridgehead atoms. The van der Waals surface area contributed by atoms with Crippen molar-refractivity contribution in [2.75, 3.05) is 71.9 Å². The van der Waals surface area contributed by atoms with Gasteiger partial charge < -0.3 is 28.6 Å². The number of urea groups is 1. The average Bonchev–Trinajstić information content (AvgIpc) is 3.09. The van der Waals surface area contributed by atoms with Gasteiger partial charge in [0.25, 0.3) is 0 Å². The quantitative estimate of drug-likeness (QED) is 0.247. The third-order valence-electron chi connectivity index (χ3n) is 8.20. The van der Waals surface area contributed by atoms with Gasteiger partial charge in [0.1, 0.15) is 34.6 Å². The van der Waals surface area contributed by atoms with Crippen LogP contribution in [0, 0.1) is 11.8 Å². The number of fused-ring (bicyclic) bond motifs is 1. The molecule has 0 unspecified atom stereocenters. The maximum absolute atomic E-state index is 13.8. The lowest BCUT2D eigenvalue weighted by atomic mass is 10.0. The summed E-state index contributed by atoms with van der Waals surface area (Å²) in [6, 6.07) is 8.70. The predicted octanol–water partition coefficient (Wildman–Crippen LogP) is 4.23. The van der Waals surface area contributed by atoms with E-state index in [0.717, 1.165) is 30.5 Å². The van der Waals surface area contributed by atoms with Gasteiger partial charge in [0.2, 0.25) is 12.2 Å². The van der Waals surface area contributed by atoms with E-state index >= 15 is 0 Å². The van der Waals surface area contributed by atoms with E-state index in [2.05, 4.69) is 22.1 Å². The van der Waals surface area contributed by atoms with Crippen LogP contribution in [0.15, 0.2) is 36.5 Å². The smallest absolute Gasteiger partial charge is 0.328 e. The molecule has 0 saturated carbocycles. The molecular formula is C36H44N6O7. The number of ether oxygens (including phenoxy) is 5. The predicted molar refractivity (Wildman–Crippen MR) is 184 cm³/mol. The molecule has 3 amide bonds. The summed E-state index contributed by atoms with van der Waals surface area (Å²) in [6.07, 6.45) is 2.12. The monoisotopic (exact) mass is 672 g/mol. The zero-order chi connectivity index (χ0) is 35.1. The van der Waals surface area contributed by atoms with Crippen LogP contribution in [-0.2, 0) is 27.2 Å². The summed E-state index contributed by atoms with van der Waals surface area (Å²) in [5.74, 6) is 8.86. The Hall–Kier alpha value is -4.90. The topological polar surface area (TPSA) is 128 Å². The number of carbonyl (C=O) groups excluding carboxylic acids is 2. The lowest BCUT2D eigenvalue weighted by molar-refractivity contribution is -0.136. The summed E-state index contributed by atoms with van der Waals surface area (Å²) in [7, 11) is 8.18. The number of hydrogen-bond acceptors (Lipinski definition) is 10. The second kappa shape index (κ2) is 16.0. The van der Waals surface area contributed by atoms with E-state index in [4.69, 9.17) is 28.7 Å². The Balaban J connectivity index is 1.41. The van der Waals surface area contributed by atoms with Crippen LogP contribution >= 0.6 is 0 Å². The van der Waals surface area contributed by atoms with Gasteiger partial charge in [0.15, 0.2) is 0 Å². The number of rotatable bonds is 10. The molecule has 1 N–H and O–H groups in total. The highest BCUT2D eigenvalue weighted by Gasteiger charge is 2.30. The standard InChI is InChI=1S/C36H44N6O7/c1-23(2)49-30-19-31(37-20-26(30)11-10-24-15-28(45-4)18-29(16-24)46-5)38-36(44)42-12-8-9-25-17-27(21-41-14-13-40(3)22-32(41)43)33(39-34(25)42)35(47-6)48-7/h15-20,23,35H,8-9,12-14,21-22H2,1-7H3,(H,37,38,44). The van der Waals surface area contributed by atoms with Crippen molar-refractivity contribution in [2.45, 2.75) is 45.6 Å². The Labute approximate surface area is 287 Å². The molecule has 13 heteroatoms. The lowest BCUT2D eigenvalue weighted by Crippen LogP contribution is -2.48. The molecule has 49 heavy (non-hydrogen) atoms. The number of pyridine rings is 2. The molecule has 2 aliphatic heterocycles. The highest BCUT2D eigenvalue weighted by molar-refractivity contribution is 6.01. The van der Waals surface area contributed by atoms with Gasteiger partial charge in [-0.25, -0.2) is 14.8 Å². The van der Waals surface area contributed by atoms with Crippen LogP contribution in [-0.4, -0.2) is 99.5 Å². The molecule has 0 radical (unpaired) electrons. The Morgan fingerprint density at radius 1 is 0.980 bits per heavy atom. The molecule has 13 nitrogen and oxygen atoms in total. The first kappa shape index (κ1) is 35.4. The van der Waals surface area contributed by atoms with Crippen molar-refractivity contribution in [3.8, 4) is 29.1 Å². The van der Waals surface area contributed by atoms with Gasteiger partial charge in [-0.2, -0.15) is 0 Å². The molecule has 2 aromatic heterocycles. The molecule has 0 aliphatic carbocycles. The third kappa shape index (κ3) is 8.58. The number of anilines is 2. The minimum atomic E-state index is -0.779. The van der Waals surface area contributed by atoms with Crippen molar-refractivity contribution in [3.63, 3.8) is 0 Å². The number of benzene rings is 1. The zero-order valence-electron chi connectivity index (χ0n) is 29.2. The minimum Gasteiger partial charge on any atom is -0.497 e. The SMILES string of the molecule is COc1cc(C#Cc2cnc(NC(=O)N3CCCc4cc(CN5CCN(C)CC5=O)c(C(OC)OC)nc43)cc2OC(C)C)cc(OC)c1. The number of nitrogens with zero attached hydrogens (tertiary/aromatic N) is 5. The van der Waals surface area contributed by atoms with Crippen molar-refractivity contribution in [3.05, 3.63) is 64.5 Å². The molecule has 0 spiro atoms. The van der Waals surface area contributed by atoms with E-state index in [9.17, 15) is 9.59 Å². The van der Waals surface area contributed by atoms with Gasteiger partial charge in [-0.05, 0) is 63.1 Å². The maximum Gasteiger partial charge on any atom is 0.328 e. The van der Waals surface area contributed by atoms with E-state index in [0.29, 0.717) is 71.9 Å². The first-order valence-corrected chi connectivity index (χ1v) is 16.2. The average molecular weight is 673 g/mol. The van der Waals surface area contributed by atoms with Crippen LogP contribution in [0.3, 0.4) is 0 Å². The minimum absolute atomic E-state index is 0.0515. The Bertz CT molecular complexity index is 1710. The molecule has 260 valence electrons. The van der Waals surface area contributed by atoms with Crippen LogP contribution in [0.1, 0.15) is 54.5 Å². The first-order chi connectivity index (χ1) is 23.6. The van der Waals surface area contributed by atoms with E-state index in [-0.39, 0.29) is 12.0 Å². The fraction of sp³-hybridized carbons (Fsp3) is 0.444. The van der Waals surface area contributed by atoms with Crippen molar-refractivity contribution in [1.29, 1.82) is 0 Å². The van der Waals surface area contributed by atoms with Gasteiger partial charge in [-0.1, -0.05) is 11.8 Å². The molecule has 5 rings (SSSR count). The summed E-state index contributed by atoms with van der Waals surface area (Å²) in [6.45, 7) is 6.42. The number of methoxy groups -OCH3 is 4. The number of hydrogen-bond donors (Lipinski definition) is 1. The Morgan fingerprint density at radius 2 is 1.71 bits per heavy atom. The first-order valence-electron chi connectivity index (χ1n) is 16.2. The molecule has 1 aromatic carbocycles. The molecule has 1 saturated heterocycles. The van der Waals surface area contributed by atoms with Crippen molar-refractivity contribution >= 4 is 23.6 Å². The lowest BCUT2D eigenvalue weighted by Gasteiger charge is -2.34. The van der Waals surface area contributed by atoms with Crippen molar-refractivity contribution in [2.24, 2.45) is 0 Å². The molecule has 1 fully saturated rings. The van der Waals surface area contributed by atoms with Gasteiger partial charge in [-0.15, -0.1) is 0 Å². The van der Waals surface area contributed by atoms with Crippen LogP contribution in [0.2, 0.25) is 0 Å². The van der Waals surface area contributed by atoms with Crippen molar-refractivity contribution < 1.29 is 33.3 Å². The zero-order valence-corrected chi connectivity index (χ0v) is 29.2. The highest BCUT2D eigenvalue weighted by Crippen LogP contribution is 2.33. The second-order valence-corrected chi connectivity index (χ2v) is 12.1. The number of likely N-dealkylation sites (N-methyl/N-ethyl adjacent to an activating group) is 1. The van der Waals surface area contributed by atoms with Gasteiger partial charge in [0.05, 0.1) is 32.4 Å². The number of aryl methyl sites for hydroxylation is 1. The molecule has 2 aliphatic rings. The maximum atomic E-state index is 13.8. The molecule has 4 heterocycles. The Kier molecular flexibility index (Phi) is 11.6. The largest absolute Gasteiger partial charge is 0.497 e. The van der Waals surface area contributed by atoms with Crippen LogP contribution in [0.5, 0.6) is 17.2 Å². The number of carbonyl (C=O) groups is 2. The molecular weight excluding hydrogens is 628 g/mol. The Morgan fingerprint density at radius 3 is 2.37 bits per heavy atom. The number of piperazine rings is 1. The summed E-state index contributed by atoms with van der Waals surface area (Å²) in [5, 5.41) is 2.92. The number of nitrogens with one attached hydrogen (secondary N) is 1. The van der Waals surface area contributed by atoms with E-state index < -0.39 is 12.3 Å². The summed E-state index contributed by atoms with van der Waals surface area (Å²) in [5.41, 5.74) is 3.51. The van der Waals surface area contributed by atoms with E-state index in [1.165, 1.54) is 14.2 Å². The highest BCUT2D eigenvalue weighted by atomic mass is 16.7. The van der Waals surface area contributed by atoms with E-state index in [1.54, 1.807) is 37.4 Å².